The molecule has 1 heterocycles. The number of rotatable bonds is 9. The Kier molecular flexibility index (Phi) is 9.87. The van der Waals surface area contributed by atoms with Gasteiger partial charge in [0.05, 0.1) is 0 Å². The summed E-state index contributed by atoms with van der Waals surface area (Å²) in [6.45, 7) is 12.4. The summed E-state index contributed by atoms with van der Waals surface area (Å²) in [7, 11) is 0. The first kappa shape index (κ1) is 26.0. The Morgan fingerprint density at radius 3 is 2.20 bits per heavy atom. The molecule has 1 rings (SSSR count). The van der Waals surface area contributed by atoms with E-state index in [9.17, 15) is 19.5 Å². The van der Waals surface area contributed by atoms with Crippen molar-refractivity contribution in [2.75, 3.05) is 19.6 Å². The van der Waals surface area contributed by atoms with Gasteiger partial charge in [-0.25, -0.2) is 9.59 Å². The molecule has 2 atom stereocenters. The molecule has 0 spiro atoms. The quantitative estimate of drug-likeness (QED) is 0.482. The number of carboxylic acids is 1. The van der Waals surface area contributed by atoms with Gasteiger partial charge in [-0.05, 0) is 80.2 Å². The molecule has 1 fully saturated rings. The van der Waals surface area contributed by atoms with Gasteiger partial charge in [0.2, 0.25) is 0 Å². The summed E-state index contributed by atoms with van der Waals surface area (Å²) in [5, 5.41) is 15.0. The van der Waals surface area contributed by atoms with E-state index in [-0.39, 0.29) is 6.04 Å². The zero-order valence-corrected chi connectivity index (χ0v) is 19.2. The second-order valence-electron chi connectivity index (χ2n) is 9.76. The number of hydrogen-bond donors (Lipinski definition) is 3. The maximum atomic E-state index is 12.2. The average Bonchev–Trinajstić information content (AvgIpc) is 2.99. The van der Waals surface area contributed by atoms with Gasteiger partial charge in [0, 0.05) is 19.1 Å². The zero-order valence-electron chi connectivity index (χ0n) is 19.2. The van der Waals surface area contributed by atoms with Crippen molar-refractivity contribution in [3.8, 4) is 0 Å². The van der Waals surface area contributed by atoms with Crippen LogP contribution in [-0.2, 0) is 14.3 Å². The Labute approximate surface area is 179 Å². The van der Waals surface area contributed by atoms with E-state index in [1.165, 1.54) is 0 Å². The predicted molar refractivity (Wildman–Crippen MR) is 113 cm³/mol. The number of aliphatic carboxylic acids is 1. The zero-order chi connectivity index (χ0) is 22.9. The fourth-order valence-corrected chi connectivity index (χ4v) is 3.31. The summed E-state index contributed by atoms with van der Waals surface area (Å²) in [6, 6.07) is -0.747. The molecule has 0 aromatic carbocycles. The summed E-state index contributed by atoms with van der Waals surface area (Å²) in [5.74, 6) is -0.829. The van der Waals surface area contributed by atoms with Gasteiger partial charge < -0.3 is 25.2 Å². The van der Waals surface area contributed by atoms with E-state index >= 15 is 0 Å². The fourth-order valence-electron chi connectivity index (χ4n) is 3.31. The third-order valence-electron chi connectivity index (χ3n) is 4.47. The maximum Gasteiger partial charge on any atom is 0.407 e. The Balaban J connectivity index is 2.53. The minimum Gasteiger partial charge on any atom is -0.480 e. The molecule has 0 aromatic rings. The minimum atomic E-state index is -0.829. The van der Waals surface area contributed by atoms with Crippen LogP contribution in [0.25, 0.3) is 0 Å². The SMILES string of the molecule is CC(C)(C)OC(=O)NCCCC[C@@H](CN1CCC[C@H]1C(=O)O)NC(=O)OC(C)(C)C. The summed E-state index contributed by atoms with van der Waals surface area (Å²) < 4.78 is 10.6. The van der Waals surface area contributed by atoms with Gasteiger partial charge in [-0.1, -0.05) is 0 Å². The number of amides is 2. The lowest BCUT2D eigenvalue weighted by atomic mass is 10.1. The number of carboxylic acid groups (broad SMARTS) is 1. The molecule has 0 radical (unpaired) electrons. The average molecular weight is 430 g/mol. The fraction of sp³-hybridized carbons (Fsp3) is 0.857. The highest BCUT2D eigenvalue weighted by molar-refractivity contribution is 5.73. The van der Waals surface area contributed by atoms with Crippen LogP contribution in [0.15, 0.2) is 0 Å². The Bertz CT molecular complexity index is 582. The minimum absolute atomic E-state index is 0.235. The molecule has 3 N–H and O–H groups in total. The van der Waals surface area contributed by atoms with Crippen molar-refractivity contribution in [3.63, 3.8) is 0 Å². The first-order valence-corrected chi connectivity index (χ1v) is 10.7. The summed E-state index contributed by atoms with van der Waals surface area (Å²) >= 11 is 0. The molecule has 1 aliphatic heterocycles. The van der Waals surface area contributed by atoms with Crippen LogP contribution < -0.4 is 10.6 Å². The second kappa shape index (κ2) is 11.4. The van der Waals surface area contributed by atoms with Crippen molar-refractivity contribution >= 4 is 18.2 Å². The van der Waals surface area contributed by atoms with Crippen molar-refractivity contribution in [3.05, 3.63) is 0 Å². The molecular weight excluding hydrogens is 390 g/mol. The smallest absolute Gasteiger partial charge is 0.407 e. The monoisotopic (exact) mass is 429 g/mol. The molecule has 174 valence electrons. The van der Waals surface area contributed by atoms with Crippen LogP contribution in [0.4, 0.5) is 9.59 Å². The van der Waals surface area contributed by atoms with Crippen molar-refractivity contribution in [2.45, 2.75) is 96.9 Å². The second-order valence-corrected chi connectivity index (χ2v) is 9.76. The number of nitrogens with zero attached hydrogens (tertiary/aromatic N) is 1. The Morgan fingerprint density at radius 2 is 1.63 bits per heavy atom. The topological polar surface area (TPSA) is 117 Å². The lowest BCUT2D eigenvalue weighted by Crippen LogP contribution is -2.48. The van der Waals surface area contributed by atoms with Crippen LogP contribution >= 0.6 is 0 Å². The van der Waals surface area contributed by atoms with E-state index in [0.717, 1.165) is 12.8 Å². The van der Waals surface area contributed by atoms with Crippen LogP contribution in [0, 0.1) is 0 Å². The van der Waals surface area contributed by atoms with Crippen molar-refractivity contribution < 1.29 is 29.0 Å². The van der Waals surface area contributed by atoms with Crippen molar-refractivity contribution in [1.29, 1.82) is 0 Å². The van der Waals surface area contributed by atoms with E-state index in [2.05, 4.69) is 10.6 Å². The highest BCUT2D eigenvalue weighted by atomic mass is 16.6. The van der Waals surface area contributed by atoms with E-state index in [4.69, 9.17) is 9.47 Å². The van der Waals surface area contributed by atoms with Gasteiger partial charge in [0.25, 0.3) is 0 Å². The number of unbranched alkanes of at least 4 members (excludes halogenated alkanes) is 1. The van der Waals surface area contributed by atoms with Gasteiger partial charge in [-0.15, -0.1) is 0 Å². The highest BCUT2D eigenvalue weighted by Crippen LogP contribution is 2.19. The lowest BCUT2D eigenvalue weighted by molar-refractivity contribution is -0.142. The van der Waals surface area contributed by atoms with E-state index in [1.807, 2.05) is 25.7 Å². The highest BCUT2D eigenvalue weighted by Gasteiger charge is 2.32. The Hall–Kier alpha value is -2.03. The number of nitrogens with one attached hydrogen (secondary N) is 2. The number of alkyl carbamates (subject to hydrolysis) is 2. The van der Waals surface area contributed by atoms with Gasteiger partial charge in [0.15, 0.2) is 0 Å². The third-order valence-corrected chi connectivity index (χ3v) is 4.47. The molecule has 0 saturated carbocycles. The van der Waals surface area contributed by atoms with Crippen LogP contribution in [0.3, 0.4) is 0 Å². The number of carbonyl (C=O) groups is 3. The molecule has 0 aliphatic carbocycles. The van der Waals surface area contributed by atoms with Crippen LogP contribution in [0.2, 0.25) is 0 Å². The normalized spacial score (nSPS) is 18.5. The first-order chi connectivity index (χ1) is 13.8. The largest absolute Gasteiger partial charge is 0.480 e. The number of hydrogen-bond acceptors (Lipinski definition) is 6. The maximum absolute atomic E-state index is 12.2. The molecule has 0 aromatic heterocycles. The van der Waals surface area contributed by atoms with Gasteiger partial charge in [0.1, 0.15) is 17.2 Å². The van der Waals surface area contributed by atoms with Gasteiger partial charge in [-0.2, -0.15) is 0 Å². The van der Waals surface area contributed by atoms with Crippen LogP contribution in [0.1, 0.15) is 73.6 Å². The third kappa shape index (κ3) is 11.2. The number of likely N-dealkylation sites (tertiary alicyclic amines) is 1. The number of ether oxygens (including phenoxy) is 2. The molecule has 30 heavy (non-hydrogen) atoms. The summed E-state index contributed by atoms with van der Waals surface area (Å²) in [5.41, 5.74) is -1.15. The summed E-state index contributed by atoms with van der Waals surface area (Å²) in [4.78, 5) is 37.3. The van der Waals surface area contributed by atoms with E-state index < -0.39 is 35.4 Å². The van der Waals surface area contributed by atoms with Crippen molar-refractivity contribution in [2.24, 2.45) is 0 Å². The lowest BCUT2D eigenvalue weighted by Gasteiger charge is -2.29. The molecule has 2 amide bonds. The molecule has 1 aliphatic rings. The van der Waals surface area contributed by atoms with Crippen LogP contribution in [-0.4, -0.2) is 71.1 Å². The van der Waals surface area contributed by atoms with Gasteiger partial charge in [-0.3, -0.25) is 9.69 Å². The molecule has 9 nitrogen and oxygen atoms in total. The molecule has 0 unspecified atom stereocenters. The van der Waals surface area contributed by atoms with E-state index in [1.54, 1.807) is 20.8 Å². The standard InChI is InChI=1S/C21H39N3O6/c1-20(2,3)29-18(27)22-12-8-7-10-15(23-19(28)30-21(4,5)6)14-24-13-9-11-16(24)17(25)26/h15-16H,7-14H2,1-6H3,(H,22,27)(H,23,28)(H,25,26)/t15-,16-/m0/s1. The first-order valence-electron chi connectivity index (χ1n) is 10.7. The van der Waals surface area contributed by atoms with E-state index in [0.29, 0.717) is 38.9 Å². The molecule has 9 heteroatoms. The molecular formula is C21H39N3O6. The number of carbonyl (C=O) groups excluding carboxylic acids is 2. The van der Waals surface area contributed by atoms with Gasteiger partial charge >= 0.3 is 18.2 Å². The molecule has 1 saturated heterocycles. The van der Waals surface area contributed by atoms with Crippen LogP contribution in [0.5, 0.6) is 0 Å². The summed E-state index contributed by atoms with van der Waals surface area (Å²) in [6.07, 6.45) is 2.61. The predicted octanol–water partition coefficient (Wildman–Crippen LogP) is 3.12. The molecule has 0 bridgehead atoms. The Morgan fingerprint density at radius 1 is 1.03 bits per heavy atom. The van der Waals surface area contributed by atoms with Crippen molar-refractivity contribution in [1.82, 2.24) is 15.5 Å².